The molecule has 1 aromatic heterocycles. The highest BCUT2D eigenvalue weighted by molar-refractivity contribution is 5.37. The first-order chi connectivity index (χ1) is 9.26. The Balaban J connectivity index is 2.03. The number of aromatic nitrogens is 2. The first-order valence-corrected chi connectivity index (χ1v) is 6.28. The van der Waals surface area contributed by atoms with Gasteiger partial charge < -0.3 is 15.2 Å². The molecule has 0 amide bonds. The average molecular weight is 261 g/mol. The summed E-state index contributed by atoms with van der Waals surface area (Å²) in [4.78, 5) is 0. The molecule has 0 spiro atoms. The molecule has 0 saturated heterocycles. The number of hydrogen-bond acceptors (Lipinski definition) is 4. The topological polar surface area (TPSA) is 62.3 Å². The van der Waals surface area contributed by atoms with Crippen LogP contribution in [0.25, 0.3) is 0 Å². The van der Waals surface area contributed by atoms with Crippen molar-refractivity contribution in [2.75, 3.05) is 7.11 Å². The van der Waals surface area contributed by atoms with E-state index in [1.54, 1.807) is 13.3 Å². The predicted octanol–water partition coefficient (Wildman–Crippen LogP) is 1.95. The second kappa shape index (κ2) is 6.24. The molecule has 5 heteroatoms. The van der Waals surface area contributed by atoms with Crippen molar-refractivity contribution in [1.29, 1.82) is 0 Å². The van der Waals surface area contributed by atoms with Crippen LogP contribution in [-0.2, 0) is 19.7 Å². The summed E-state index contributed by atoms with van der Waals surface area (Å²) in [5.74, 6) is 1.58. The fourth-order valence-corrected chi connectivity index (χ4v) is 1.84. The molecule has 0 radical (unpaired) electrons. The molecule has 102 valence electrons. The number of nitrogens with two attached hydrogens (primary N) is 1. The molecule has 0 atom stereocenters. The minimum atomic E-state index is 0.449. The van der Waals surface area contributed by atoms with Gasteiger partial charge in [0.25, 0.3) is 0 Å². The van der Waals surface area contributed by atoms with Crippen molar-refractivity contribution in [3.05, 3.63) is 41.7 Å². The molecule has 0 aliphatic carbocycles. The van der Waals surface area contributed by atoms with Gasteiger partial charge >= 0.3 is 0 Å². The Bertz CT molecular complexity index is 537. The number of nitrogens with zero attached hydrogens (tertiary/aromatic N) is 2. The molecular weight excluding hydrogens is 242 g/mol. The Morgan fingerprint density at radius 3 is 2.84 bits per heavy atom. The number of aryl methyl sites for hydroxylation is 1. The lowest BCUT2D eigenvalue weighted by Gasteiger charge is -2.09. The number of methoxy groups -OCH3 is 1. The fourth-order valence-electron chi connectivity index (χ4n) is 1.84. The zero-order valence-corrected chi connectivity index (χ0v) is 11.3. The van der Waals surface area contributed by atoms with Gasteiger partial charge in [-0.15, -0.1) is 0 Å². The number of ether oxygens (including phenoxy) is 2. The van der Waals surface area contributed by atoms with Crippen LogP contribution >= 0.6 is 0 Å². The summed E-state index contributed by atoms with van der Waals surface area (Å²) in [7, 11) is 1.64. The minimum Gasteiger partial charge on any atom is -0.496 e. The van der Waals surface area contributed by atoms with Gasteiger partial charge in [0, 0.05) is 18.7 Å². The smallest absolute Gasteiger partial charge is 0.157 e. The second-order valence-corrected chi connectivity index (χ2v) is 4.17. The van der Waals surface area contributed by atoms with Crippen molar-refractivity contribution in [2.24, 2.45) is 5.73 Å². The first kappa shape index (κ1) is 13.4. The largest absolute Gasteiger partial charge is 0.496 e. The van der Waals surface area contributed by atoms with E-state index < -0.39 is 0 Å². The molecule has 2 rings (SSSR count). The molecule has 1 heterocycles. The molecule has 2 aromatic rings. The van der Waals surface area contributed by atoms with Crippen LogP contribution in [0.3, 0.4) is 0 Å². The van der Waals surface area contributed by atoms with Gasteiger partial charge in [-0.3, -0.25) is 4.68 Å². The van der Waals surface area contributed by atoms with E-state index in [4.69, 9.17) is 15.2 Å². The highest BCUT2D eigenvalue weighted by atomic mass is 16.5. The van der Waals surface area contributed by atoms with Gasteiger partial charge in [-0.25, -0.2) is 0 Å². The van der Waals surface area contributed by atoms with Crippen LogP contribution < -0.4 is 15.2 Å². The molecule has 0 aliphatic heterocycles. The summed E-state index contributed by atoms with van der Waals surface area (Å²) in [6, 6.07) is 5.89. The maximum absolute atomic E-state index is 5.69. The summed E-state index contributed by atoms with van der Waals surface area (Å²) >= 11 is 0. The lowest BCUT2D eigenvalue weighted by molar-refractivity contribution is 0.305. The molecule has 2 N–H and O–H groups in total. The number of rotatable bonds is 6. The summed E-state index contributed by atoms with van der Waals surface area (Å²) in [5.41, 5.74) is 7.73. The number of hydrogen-bond donors (Lipinski definition) is 1. The van der Waals surface area contributed by atoms with Crippen molar-refractivity contribution in [3.8, 4) is 11.5 Å². The van der Waals surface area contributed by atoms with Crippen molar-refractivity contribution >= 4 is 0 Å². The predicted molar refractivity (Wildman–Crippen MR) is 73.1 cm³/mol. The summed E-state index contributed by atoms with van der Waals surface area (Å²) in [6.45, 7) is 3.81. The minimum absolute atomic E-state index is 0.449. The first-order valence-electron chi connectivity index (χ1n) is 6.28. The SMILES string of the molecule is CCn1cc(OCc2ccc(OC)c(CN)c2)cn1. The van der Waals surface area contributed by atoms with Gasteiger partial charge in [-0.1, -0.05) is 6.07 Å². The van der Waals surface area contributed by atoms with Crippen molar-refractivity contribution < 1.29 is 9.47 Å². The van der Waals surface area contributed by atoms with E-state index >= 15 is 0 Å². The van der Waals surface area contributed by atoms with Gasteiger partial charge in [0.05, 0.1) is 19.5 Å². The normalized spacial score (nSPS) is 10.5. The van der Waals surface area contributed by atoms with Gasteiger partial charge in [-0.2, -0.15) is 5.10 Å². The van der Waals surface area contributed by atoms with Crippen LogP contribution in [0.15, 0.2) is 30.6 Å². The van der Waals surface area contributed by atoms with E-state index in [1.807, 2.05) is 36.0 Å². The molecule has 0 bridgehead atoms. The molecule has 0 fully saturated rings. The number of benzene rings is 1. The van der Waals surface area contributed by atoms with E-state index in [1.165, 1.54) is 0 Å². The molecule has 1 aromatic carbocycles. The Morgan fingerprint density at radius 1 is 1.37 bits per heavy atom. The van der Waals surface area contributed by atoms with Crippen molar-refractivity contribution in [3.63, 3.8) is 0 Å². The highest BCUT2D eigenvalue weighted by Crippen LogP contribution is 2.20. The fraction of sp³-hybridized carbons (Fsp3) is 0.357. The maximum Gasteiger partial charge on any atom is 0.157 e. The molecule has 0 saturated carbocycles. The third-order valence-corrected chi connectivity index (χ3v) is 2.90. The van der Waals surface area contributed by atoms with Gasteiger partial charge in [0.2, 0.25) is 0 Å². The Kier molecular flexibility index (Phi) is 4.41. The van der Waals surface area contributed by atoms with E-state index in [9.17, 15) is 0 Å². The second-order valence-electron chi connectivity index (χ2n) is 4.17. The molecular formula is C14H19N3O2. The maximum atomic E-state index is 5.69. The van der Waals surface area contributed by atoms with Crippen LogP contribution in [-0.4, -0.2) is 16.9 Å². The average Bonchev–Trinajstić information content (AvgIpc) is 2.92. The summed E-state index contributed by atoms with van der Waals surface area (Å²) in [6.07, 6.45) is 3.60. The quantitative estimate of drug-likeness (QED) is 0.863. The van der Waals surface area contributed by atoms with E-state index in [-0.39, 0.29) is 0 Å². The standard InChI is InChI=1S/C14H19N3O2/c1-3-17-9-13(8-16-17)19-10-11-4-5-14(18-2)12(6-11)7-15/h4-6,8-9H,3,7,10,15H2,1-2H3. The lowest BCUT2D eigenvalue weighted by Crippen LogP contribution is -2.02. The molecule has 19 heavy (non-hydrogen) atoms. The zero-order chi connectivity index (χ0) is 13.7. The molecule has 5 nitrogen and oxygen atoms in total. The van der Waals surface area contributed by atoms with E-state index in [2.05, 4.69) is 5.10 Å². The molecule has 0 unspecified atom stereocenters. The van der Waals surface area contributed by atoms with Gasteiger partial charge in [-0.05, 0) is 24.6 Å². The Labute approximate surface area is 112 Å². The zero-order valence-electron chi connectivity index (χ0n) is 11.3. The van der Waals surface area contributed by atoms with Crippen LogP contribution in [0.5, 0.6) is 11.5 Å². The highest BCUT2D eigenvalue weighted by Gasteiger charge is 2.04. The summed E-state index contributed by atoms with van der Waals surface area (Å²) < 4.78 is 12.7. The van der Waals surface area contributed by atoms with Crippen molar-refractivity contribution in [2.45, 2.75) is 26.6 Å². The van der Waals surface area contributed by atoms with Crippen molar-refractivity contribution in [1.82, 2.24) is 9.78 Å². The van der Waals surface area contributed by atoms with Crippen LogP contribution in [0.2, 0.25) is 0 Å². The third-order valence-electron chi connectivity index (χ3n) is 2.90. The van der Waals surface area contributed by atoms with Crippen LogP contribution in [0.4, 0.5) is 0 Å². The molecule has 0 aliphatic rings. The van der Waals surface area contributed by atoms with Gasteiger partial charge in [0.1, 0.15) is 12.4 Å². The summed E-state index contributed by atoms with van der Waals surface area (Å²) in [5, 5.41) is 4.16. The van der Waals surface area contributed by atoms with Gasteiger partial charge in [0.15, 0.2) is 5.75 Å². The van der Waals surface area contributed by atoms with E-state index in [0.29, 0.717) is 13.2 Å². The monoisotopic (exact) mass is 261 g/mol. The van der Waals surface area contributed by atoms with Crippen LogP contribution in [0, 0.1) is 0 Å². The van der Waals surface area contributed by atoms with Crippen LogP contribution in [0.1, 0.15) is 18.1 Å². The Hall–Kier alpha value is -2.01. The Morgan fingerprint density at radius 2 is 2.21 bits per heavy atom. The third kappa shape index (κ3) is 3.26. The lowest BCUT2D eigenvalue weighted by atomic mass is 10.1. The van der Waals surface area contributed by atoms with E-state index in [0.717, 1.165) is 29.2 Å².